The maximum Gasteiger partial charge on any atom is 0.339 e. The molecule has 0 saturated carbocycles. The molecule has 0 saturated heterocycles. The molecule has 0 unspecified atom stereocenters. The van der Waals surface area contributed by atoms with E-state index in [1.165, 1.54) is 50.6 Å². The van der Waals surface area contributed by atoms with Crippen LogP contribution in [-0.2, 0) is 9.47 Å². The standard InChI is InChI=1S/C30H22N2O8/c1-39-29(37)15-7-3-5-9-17(15)31-19-11-13-21(33)25-23(19)27(35)26-22(34)14-12-20(24(26)28(25)36)32-18-10-6-4-8-16(18)30(38)40-2/h3-14,31-34H,1-2H3. The second-order valence-electron chi connectivity index (χ2n) is 8.75. The number of phenols is 2. The monoisotopic (exact) mass is 538 g/mol. The third-order valence-corrected chi connectivity index (χ3v) is 6.48. The Hall–Kier alpha value is -5.64. The number of carbonyl (C=O) groups is 4. The minimum absolute atomic E-state index is 0.127. The molecule has 1 aliphatic rings. The molecule has 0 bridgehead atoms. The first kappa shape index (κ1) is 26.0. The van der Waals surface area contributed by atoms with Gasteiger partial charge >= 0.3 is 11.9 Å². The number of phenolic OH excluding ortho intramolecular Hbond substituents is 2. The predicted molar refractivity (Wildman–Crippen MR) is 145 cm³/mol. The van der Waals surface area contributed by atoms with Crippen LogP contribution in [0.4, 0.5) is 22.7 Å². The van der Waals surface area contributed by atoms with E-state index in [0.717, 1.165) is 0 Å². The summed E-state index contributed by atoms with van der Waals surface area (Å²) in [6.07, 6.45) is 0. The van der Waals surface area contributed by atoms with Gasteiger partial charge in [-0.2, -0.15) is 0 Å². The van der Waals surface area contributed by atoms with E-state index in [4.69, 9.17) is 9.47 Å². The highest BCUT2D eigenvalue weighted by molar-refractivity contribution is 6.33. The summed E-state index contributed by atoms with van der Waals surface area (Å²) in [4.78, 5) is 52.3. The van der Waals surface area contributed by atoms with E-state index in [1.54, 1.807) is 36.4 Å². The molecule has 4 aromatic carbocycles. The number of ether oxygens (including phenoxy) is 2. The van der Waals surface area contributed by atoms with E-state index in [1.807, 2.05) is 0 Å². The van der Waals surface area contributed by atoms with Crippen LogP contribution < -0.4 is 10.6 Å². The van der Waals surface area contributed by atoms with Crippen LogP contribution in [0.1, 0.15) is 52.6 Å². The van der Waals surface area contributed by atoms with Gasteiger partial charge in [0.25, 0.3) is 0 Å². The number of hydrogen-bond donors (Lipinski definition) is 4. The Balaban J connectivity index is 1.64. The van der Waals surface area contributed by atoms with Crippen molar-refractivity contribution in [3.05, 3.63) is 106 Å². The topological polar surface area (TPSA) is 151 Å². The summed E-state index contributed by atoms with van der Waals surface area (Å²) in [5.74, 6) is -3.61. The van der Waals surface area contributed by atoms with Crippen molar-refractivity contribution in [2.75, 3.05) is 24.9 Å². The molecule has 0 fully saturated rings. The first-order chi connectivity index (χ1) is 19.3. The zero-order chi connectivity index (χ0) is 28.6. The smallest absolute Gasteiger partial charge is 0.339 e. The zero-order valence-electron chi connectivity index (χ0n) is 21.3. The zero-order valence-corrected chi connectivity index (χ0v) is 21.3. The van der Waals surface area contributed by atoms with Gasteiger partial charge in [-0.15, -0.1) is 0 Å². The maximum atomic E-state index is 13.9. The van der Waals surface area contributed by atoms with Crippen molar-refractivity contribution in [3.63, 3.8) is 0 Å². The molecule has 200 valence electrons. The summed E-state index contributed by atoms with van der Waals surface area (Å²) in [7, 11) is 2.47. The van der Waals surface area contributed by atoms with E-state index in [2.05, 4.69) is 10.6 Å². The molecule has 1 aliphatic carbocycles. The molecule has 40 heavy (non-hydrogen) atoms. The highest BCUT2D eigenvalue weighted by Crippen LogP contribution is 2.43. The summed E-state index contributed by atoms with van der Waals surface area (Å²) in [6, 6.07) is 18.1. The lowest BCUT2D eigenvalue weighted by Crippen LogP contribution is -2.24. The molecule has 0 radical (unpaired) electrons. The molecule has 10 heteroatoms. The van der Waals surface area contributed by atoms with Crippen molar-refractivity contribution in [1.29, 1.82) is 0 Å². The van der Waals surface area contributed by atoms with Crippen LogP contribution in [0, 0.1) is 0 Å². The van der Waals surface area contributed by atoms with Crippen molar-refractivity contribution in [2.45, 2.75) is 0 Å². The minimum atomic E-state index is -0.735. The van der Waals surface area contributed by atoms with Crippen molar-refractivity contribution in [2.24, 2.45) is 0 Å². The quantitative estimate of drug-likeness (QED) is 0.173. The number of esters is 2. The number of methoxy groups -OCH3 is 2. The van der Waals surface area contributed by atoms with Crippen LogP contribution in [0.2, 0.25) is 0 Å². The molecule has 0 heterocycles. The van der Waals surface area contributed by atoms with Crippen LogP contribution in [0.15, 0.2) is 72.8 Å². The van der Waals surface area contributed by atoms with E-state index < -0.39 is 35.0 Å². The lowest BCUT2D eigenvalue weighted by atomic mass is 9.81. The Morgan fingerprint density at radius 3 is 1.30 bits per heavy atom. The van der Waals surface area contributed by atoms with Crippen molar-refractivity contribution in [1.82, 2.24) is 0 Å². The number of nitrogens with one attached hydrogen (secondary N) is 2. The average Bonchev–Trinajstić information content (AvgIpc) is 2.97. The fourth-order valence-corrected chi connectivity index (χ4v) is 4.62. The van der Waals surface area contributed by atoms with Crippen LogP contribution in [0.5, 0.6) is 11.5 Å². The summed E-state index contributed by atoms with van der Waals surface area (Å²) in [6.45, 7) is 0. The number of anilines is 4. The van der Waals surface area contributed by atoms with Gasteiger partial charge < -0.3 is 30.3 Å². The maximum absolute atomic E-state index is 13.9. The fourth-order valence-electron chi connectivity index (χ4n) is 4.62. The van der Waals surface area contributed by atoms with E-state index >= 15 is 0 Å². The van der Waals surface area contributed by atoms with Gasteiger partial charge in [-0.3, -0.25) is 9.59 Å². The van der Waals surface area contributed by atoms with Crippen molar-refractivity contribution < 1.29 is 38.9 Å². The number of para-hydroxylation sites is 2. The van der Waals surface area contributed by atoms with E-state index in [9.17, 15) is 29.4 Å². The number of carbonyl (C=O) groups excluding carboxylic acids is 4. The first-order valence-corrected chi connectivity index (χ1v) is 12.0. The molecular weight excluding hydrogens is 516 g/mol. The molecule has 4 N–H and O–H groups in total. The third-order valence-electron chi connectivity index (χ3n) is 6.48. The average molecular weight is 539 g/mol. The van der Waals surface area contributed by atoms with E-state index in [0.29, 0.717) is 11.4 Å². The number of benzene rings is 4. The second-order valence-corrected chi connectivity index (χ2v) is 8.75. The van der Waals surface area contributed by atoms with Gasteiger partial charge in [0.1, 0.15) is 11.5 Å². The normalized spacial score (nSPS) is 11.8. The highest BCUT2D eigenvalue weighted by Gasteiger charge is 2.38. The molecule has 4 aromatic rings. The molecule has 0 aromatic heterocycles. The van der Waals surface area contributed by atoms with Gasteiger partial charge in [0.05, 0.1) is 70.3 Å². The fraction of sp³-hybridized carbons (Fsp3) is 0.0667. The molecule has 5 rings (SSSR count). The Morgan fingerprint density at radius 2 is 0.925 bits per heavy atom. The van der Waals surface area contributed by atoms with Gasteiger partial charge in [-0.05, 0) is 48.5 Å². The van der Waals surface area contributed by atoms with Crippen LogP contribution >= 0.6 is 0 Å². The number of fused-ring (bicyclic) bond motifs is 2. The van der Waals surface area contributed by atoms with Crippen molar-refractivity contribution in [3.8, 4) is 11.5 Å². The number of hydrogen-bond acceptors (Lipinski definition) is 10. The summed E-state index contributed by atoms with van der Waals surface area (Å²) in [5, 5.41) is 27.4. The summed E-state index contributed by atoms with van der Waals surface area (Å²) in [5.41, 5.74) is 0.282. The van der Waals surface area contributed by atoms with Crippen LogP contribution in [0.3, 0.4) is 0 Å². The number of ketones is 2. The predicted octanol–water partition coefficient (Wildman–Crippen LogP) is 4.93. The van der Waals surface area contributed by atoms with Gasteiger partial charge in [0.15, 0.2) is 0 Å². The van der Waals surface area contributed by atoms with Gasteiger partial charge in [-0.25, -0.2) is 9.59 Å². The summed E-state index contributed by atoms with van der Waals surface area (Å²) < 4.78 is 9.66. The Morgan fingerprint density at radius 1 is 0.550 bits per heavy atom. The SMILES string of the molecule is COC(=O)c1ccccc1Nc1ccc(O)c2c1C(=O)c1c(O)ccc(Nc3ccccc3C(=O)OC)c1C2=O. The summed E-state index contributed by atoms with van der Waals surface area (Å²) >= 11 is 0. The van der Waals surface area contributed by atoms with Crippen LogP contribution in [0.25, 0.3) is 0 Å². The molecule has 0 spiro atoms. The lowest BCUT2D eigenvalue weighted by molar-refractivity contribution is 0.0593. The molecule has 0 amide bonds. The van der Waals surface area contributed by atoms with Gasteiger partial charge in [0.2, 0.25) is 11.6 Å². The van der Waals surface area contributed by atoms with Crippen molar-refractivity contribution >= 4 is 46.3 Å². The van der Waals surface area contributed by atoms with Gasteiger partial charge in [0, 0.05) is 0 Å². The lowest BCUT2D eigenvalue weighted by Gasteiger charge is -2.25. The van der Waals surface area contributed by atoms with Crippen LogP contribution in [-0.4, -0.2) is 47.9 Å². The Labute approximate surface area is 227 Å². The third kappa shape index (κ3) is 4.27. The molecule has 10 nitrogen and oxygen atoms in total. The Bertz CT molecular complexity index is 1600. The largest absolute Gasteiger partial charge is 0.507 e. The highest BCUT2D eigenvalue weighted by atomic mass is 16.5. The molecular formula is C30H22N2O8. The second kappa shape index (κ2) is 10.3. The van der Waals surface area contributed by atoms with E-state index in [-0.39, 0.29) is 44.8 Å². The number of rotatable bonds is 6. The Kier molecular flexibility index (Phi) is 6.66. The first-order valence-electron chi connectivity index (χ1n) is 12.0. The minimum Gasteiger partial charge on any atom is -0.507 e. The molecule has 0 aliphatic heterocycles. The molecule has 0 atom stereocenters. The van der Waals surface area contributed by atoms with Gasteiger partial charge in [-0.1, -0.05) is 24.3 Å². The number of aromatic hydroxyl groups is 2.